The highest BCUT2D eigenvalue weighted by atomic mass is 19.4. The molecule has 1 aliphatic rings. The molecule has 0 aromatic heterocycles. The van der Waals surface area contributed by atoms with Crippen molar-refractivity contribution in [2.24, 2.45) is 0 Å². The van der Waals surface area contributed by atoms with Crippen molar-refractivity contribution in [3.63, 3.8) is 0 Å². The molecule has 1 nitrogen and oxygen atoms in total. The number of hydrogen-bond acceptors (Lipinski definition) is 1. The largest absolute Gasteiger partial charge is 0.573 e. The molecule has 0 aliphatic heterocycles. The zero-order chi connectivity index (χ0) is 22.7. The summed E-state index contributed by atoms with van der Waals surface area (Å²) in [7, 11) is 0. The third-order valence-corrected chi connectivity index (χ3v) is 6.00. The predicted molar refractivity (Wildman–Crippen MR) is 119 cm³/mol. The third-order valence-electron chi connectivity index (χ3n) is 6.00. The molecule has 0 heterocycles. The van der Waals surface area contributed by atoms with Crippen LogP contribution >= 0.6 is 0 Å². The van der Waals surface area contributed by atoms with E-state index in [9.17, 15) is 17.6 Å². The molecule has 0 radical (unpaired) electrons. The van der Waals surface area contributed by atoms with Crippen molar-refractivity contribution in [2.75, 3.05) is 0 Å². The highest BCUT2D eigenvalue weighted by Crippen LogP contribution is 2.40. The molecule has 0 fully saturated rings. The first kappa shape index (κ1) is 22.4. The second kappa shape index (κ2) is 9.35. The highest BCUT2D eigenvalue weighted by molar-refractivity contribution is 5.81. The van der Waals surface area contributed by atoms with Crippen LogP contribution < -0.4 is 4.74 Å². The standard InChI is InChI=1S/C27H26F4O/c1-2-3-4-5-6-7-18-8-13-23-20(14-18)15-21-16-25(26(28)17-24(21)23)19-9-11-22(12-10-19)32-27(29,30)31/h8-14,16-17H,2-7,15H2,1H3. The SMILES string of the molecule is CCCCCCCc1ccc2c(c1)Cc1cc(-c3ccc(OC(F)(F)F)cc3)c(F)cc1-2. The van der Waals surface area contributed by atoms with Gasteiger partial charge in [0.25, 0.3) is 0 Å². The lowest BCUT2D eigenvalue weighted by Gasteiger charge is -2.11. The van der Waals surface area contributed by atoms with Crippen molar-refractivity contribution in [2.45, 2.75) is 58.2 Å². The van der Waals surface area contributed by atoms with Gasteiger partial charge in [0.05, 0.1) is 0 Å². The van der Waals surface area contributed by atoms with E-state index in [4.69, 9.17) is 0 Å². The first-order valence-corrected chi connectivity index (χ1v) is 11.1. The van der Waals surface area contributed by atoms with Crippen molar-refractivity contribution in [1.82, 2.24) is 0 Å². The summed E-state index contributed by atoms with van der Waals surface area (Å²) in [5.74, 6) is -0.710. The van der Waals surface area contributed by atoms with Gasteiger partial charge in [-0.25, -0.2) is 4.39 Å². The molecule has 32 heavy (non-hydrogen) atoms. The lowest BCUT2D eigenvalue weighted by atomic mass is 9.98. The molecule has 0 spiro atoms. The summed E-state index contributed by atoms with van der Waals surface area (Å²) in [4.78, 5) is 0. The number of benzene rings is 3. The average molecular weight is 442 g/mol. The smallest absolute Gasteiger partial charge is 0.406 e. The van der Waals surface area contributed by atoms with Gasteiger partial charge in [0.15, 0.2) is 0 Å². The zero-order valence-electron chi connectivity index (χ0n) is 18.1. The Labute approximate surface area is 186 Å². The van der Waals surface area contributed by atoms with Crippen LogP contribution in [0.3, 0.4) is 0 Å². The van der Waals surface area contributed by atoms with Crippen molar-refractivity contribution in [3.05, 3.63) is 77.1 Å². The van der Waals surface area contributed by atoms with Gasteiger partial charge in [0, 0.05) is 5.56 Å². The first-order valence-electron chi connectivity index (χ1n) is 11.1. The molecule has 0 saturated heterocycles. The Morgan fingerprint density at radius 2 is 1.50 bits per heavy atom. The second-order valence-corrected chi connectivity index (χ2v) is 8.39. The number of fused-ring (bicyclic) bond motifs is 3. The molecule has 168 valence electrons. The van der Waals surface area contributed by atoms with Gasteiger partial charge in [-0.3, -0.25) is 0 Å². The van der Waals surface area contributed by atoms with Gasteiger partial charge in [0.2, 0.25) is 0 Å². The normalized spacial score (nSPS) is 12.5. The molecule has 1 aliphatic carbocycles. The molecular weight excluding hydrogens is 416 g/mol. The molecule has 4 rings (SSSR count). The van der Waals surface area contributed by atoms with Gasteiger partial charge in [-0.05, 0) is 76.9 Å². The number of aryl methyl sites for hydroxylation is 1. The van der Waals surface area contributed by atoms with E-state index in [0.29, 0.717) is 11.1 Å². The lowest BCUT2D eigenvalue weighted by molar-refractivity contribution is -0.274. The summed E-state index contributed by atoms with van der Waals surface area (Å²) in [6.45, 7) is 2.21. The molecule has 0 amide bonds. The quantitative estimate of drug-likeness (QED) is 0.196. The molecule has 0 saturated carbocycles. The summed E-state index contributed by atoms with van der Waals surface area (Å²) in [6, 6.07) is 15.1. The first-order chi connectivity index (χ1) is 15.3. The number of unbranched alkanes of at least 4 members (excludes halogenated alkanes) is 4. The predicted octanol–water partition coefficient (Wildman–Crippen LogP) is 8.48. The number of halogens is 4. The molecule has 5 heteroatoms. The van der Waals surface area contributed by atoms with Gasteiger partial charge in [0.1, 0.15) is 11.6 Å². The minimum Gasteiger partial charge on any atom is -0.406 e. The Hall–Kier alpha value is -2.82. The Morgan fingerprint density at radius 3 is 2.22 bits per heavy atom. The van der Waals surface area contributed by atoms with Gasteiger partial charge in [-0.1, -0.05) is 62.9 Å². The van der Waals surface area contributed by atoms with E-state index in [1.54, 1.807) is 6.07 Å². The van der Waals surface area contributed by atoms with Crippen LogP contribution in [-0.2, 0) is 12.8 Å². The number of alkyl halides is 3. The van der Waals surface area contributed by atoms with Crippen molar-refractivity contribution in [1.29, 1.82) is 0 Å². The van der Waals surface area contributed by atoms with Crippen LogP contribution in [0.25, 0.3) is 22.3 Å². The van der Waals surface area contributed by atoms with Gasteiger partial charge in [-0.15, -0.1) is 13.2 Å². The summed E-state index contributed by atoms with van der Waals surface area (Å²) in [5.41, 5.74) is 6.41. The second-order valence-electron chi connectivity index (χ2n) is 8.39. The Bertz CT molecular complexity index is 1080. The molecule has 3 aromatic carbocycles. The van der Waals surface area contributed by atoms with Gasteiger partial charge < -0.3 is 4.74 Å². The van der Waals surface area contributed by atoms with E-state index in [0.717, 1.165) is 29.5 Å². The summed E-state index contributed by atoms with van der Waals surface area (Å²) in [5, 5.41) is 0. The van der Waals surface area contributed by atoms with E-state index in [-0.39, 0.29) is 11.6 Å². The molecule has 0 N–H and O–H groups in total. The number of ether oxygens (including phenoxy) is 1. The number of rotatable bonds is 8. The fourth-order valence-corrected chi connectivity index (χ4v) is 4.42. The monoisotopic (exact) mass is 442 g/mol. The minimum atomic E-state index is -4.75. The van der Waals surface area contributed by atoms with Crippen molar-refractivity contribution < 1.29 is 22.3 Å². The molecule has 0 unspecified atom stereocenters. The van der Waals surface area contributed by atoms with Crippen LogP contribution in [0.5, 0.6) is 5.75 Å². The van der Waals surface area contributed by atoms with Crippen LogP contribution in [-0.4, -0.2) is 6.36 Å². The van der Waals surface area contributed by atoms with Crippen LogP contribution in [0.4, 0.5) is 17.6 Å². The zero-order valence-corrected chi connectivity index (χ0v) is 18.1. The fraction of sp³-hybridized carbons (Fsp3) is 0.333. The van der Waals surface area contributed by atoms with Crippen molar-refractivity contribution >= 4 is 0 Å². The molecule has 3 aromatic rings. The lowest BCUT2D eigenvalue weighted by Crippen LogP contribution is -2.16. The maximum Gasteiger partial charge on any atom is 0.573 e. The average Bonchev–Trinajstić information content (AvgIpc) is 3.09. The van der Waals surface area contributed by atoms with Crippen LogP contribution in [0, 0.1) is 5.82 Å². The van der Waals surface area contributed by atoms with E-state index >= 15 is 0 Å². The number of hydrogen-bond donors (Lipinski definition) is 0. The molecule has 0 bridgehead atoms. The third kappa shape index (κ3) is 5.14. The van der Waals surface area contributed by atoms with E-state index in [1.165, 1.54) is 67.5 Å². The van der Waals surface area contributed by atoms with Crippen LogP contribution in [0.1, 0.15) is 55.7 Å². The van der Waals surface area contributed by atoms with E-state index in [1.807, 2.05) is 6.07 Å². The summed E-state index contributed by atoms with van der Waals surface area (Å²) >= 11 is 0. The fourth-order valence-electron chi connectivity index (χ4n) is 4.42. The molecule has 0 atom stereocenters. The minimum absolute atomic E-state index is 0.322. The summed E-state index contributed by atoms with van der Waals surface area (Å²) < 4.78 is 56.0. The van der Waals surface area contributed by atoms with Crippen molar-refractivity contribution in [3.8, 4) is 28.0 Å². The summed E-state index contributed by atoms with van der Waals surface area (Å²) in [6.07, 6.45) is 3.26. The topological polar surface area (TPSA) is 9.23 Å². The van der Waals surface area contributed by atoms with E-state index < -0.39 is 6.36 Å². The Balaban J connectivity index is 1.51. The van der Waals surface area contributed by atoms with Gasteiger partial charge in [-0.2, -0.15) is 0 Å². The Kier molecular flexibility index (Phi) is 6.54. The Morgan fingerprint density at radius 1 is 0.781 bits per heavy atom. The van der Waals surface area contributed by atoms with Crippen LogP contribution in [0.15, 0.2) is 54.6 Å². The maximum atomic E-state index is 14.9. The molecular formula is C27H26F4O. The van der Waals surface area contributed by atoms with Crippen LogP contribution in [0.2, 0.25) is 0 Å². The highest BCUT2D eigenvalue weighted by Gasteiger charge is 2.31. The maximum absolute atomic E-state index is 14.9. The van der Waals surface area contributed by atoms with E-state index in [2.05, 4.69) is 29.9 Å². The van der Waals surface area contributed by atoms with Gasteiger partial charge >= 0.3 is 6.36 Å².